The lowest BCUT2D eigenvalue weighted by Crippen LogP contribution is -2.20. The molecule has 0 aliphatic heterocycles. The van der Waals surface area contributed by atoms with Crippen LogP contribution >= 0.6 is 11.8 Å². The number of hydrogen-bond donors (Lipinski definition) is 1. The van der Waals surface area contributed by atoms with Crippen LogP contribution in [-0.4, -0.2) is 25.9 Å². The van der Waals surface area contributed by atoms with Crippen molar-refractivity contribution in [2.75, 3.05) is 0 Å². The van der Waals surface area contributed by atoms with Gasteiger partial charge in [0.05, 0.1) is 0 Å². The van der Waals surface area contributed by atoms with E-state index in [1.807, 2.05) is 6.92 Å². The fourth-order valence-corrected chi connectivity index (χ4v) is 3.31. The summed E-state index contributed by atoms with van der Waals surface area (Å²) in [6.45, 7) is 1.99. The molecule has 0 saturated carbocycles. The Morgan fingerprint density at radius 2 is 2.32 bits per heavy atom. The van der Waals surface area contributed by atoms with Crippen LogP contribution in [0.5, 0.6) is 0 Å². The van der Waals surface area contributed by atoms with Gasteiger partial charge in [0.2, 0.25) is 5.91 Å². The number of amides is 1. The summed E-state index contributed by atoms with van der Waals surface area (Å²) in [6, 6.07) is 0. The van der Waals surface area contributed by atoms with Gasteiger partial charge in [-0.3, -0.25) is 9.36 Å². The Balaban J connectivity index is 2.09. The largest absolute Gasteiger partial charge is 0.368 e. The van der Waals surface area contributed by atoms with Gasteiger partial charge in [-0.2, -0.15) is 0 Å². The van der Waals surface area contributed by atoms with E-state index in [-0.39, 0.29) is 12.5 Å². The van der Waals surface area contributed by atoms with Gasteiger partial charge >= 0.3 is 0 Å². The molecule has 6 heteroatoms. The van der Waals surface area contributed by atoms with Crippen molar-refractivity contribution in [3.63, 3.8) is 0 Å². The van der Waals surface area contributed by atoms with Crippen molar-refractivity contribution in [3.8, 4) is 0 Å². The summed E-state index contributed by atoms with van der Waals surface area (Å²) in [7, 11) is 0. The average molecular weight is 280 g/mol. The van der Waals surface area contributed by atoms with Crippen LogP contribution in [0.1, 0.15) is 37.9 Å². The van der Waals surface area contributed by atoms with Gasteiger partial charge in [-0.05, 0) is 26.2 Å². The Bertz CT molecular complexity index is 469. The van der Waals surface area contributed by atoms with Crippen molar-refractivity contribution in [1.29, 1.82) is 0 Å². The Kier molecular flexibility index (Phi) is 5.01. The molecule has 1 atom stereocenters. The Morgan fingerprint density at radius 1 is 1.47 bits per heavy atom. The number of rotatable bonds is 4. The molecule has 0 bridgehead atoms. The smallest absolute Gasteiger partial charge is 0.237 e. The molecule has 1 amide bonds. The quantitative estimate of drug-likeness (QED) is 0.857. The van der Waals surface area contributed by atoms with E-state index < -0.39 is 0 Å². The summed E-state index contributed by atoms with van der Waals surface area (Å²) >= 11 is 1.67. The van der Waals surface area contributed by atoms with Crippen molar-refractivity contribution in [3.05, 3.63) is 18.0 Å². The summed E-state index contributed by atoms with van der Waals surface area (Å²) in [6.07, 6.45) is 10.6. The maximum absolute atomic E-state index is 11.1. The van der Waals surface area contributed by atoms with Crippen LogP contribution in [0.3, 0.4) is 0 Å². The summed E-state index contributed by atoms with van der Waals surface area (Å²) < 4.78 is 1.79. The van der Waals surface area contributed by atoms with Crippen LogP contribution in [0.2, 0.25) is 0 Å². The molecular weight excluding hydrogens is 260 g/mol. The predicted octanol–water partition coefficient (Wildman–Crippen LogP) is 2.05. The lowest BCUT2D eigenvalue weighted by atomic mass is 10.1. The van der Waals surface area contributed by atoms with Crippen LogP contribution < -0.4 is 5.73 Å². The summed E-state index contributed by atoms with van der Waals surface area (Å²) in [5.74, 6) is 0.370. The maximum Gasteiger partial charge on any atom is 0.237 e. The molecule has 5 nitrogen and oxygen atoms in total. The van der Waals surface area contributed by atoms with E-state index in [2.05, 4.69) is 22.3 Å². The monoisotopic (exact) mass is 280 g/mol. The number of carbonyl (C=O) groups is 1. The zero-order chi connectivity index (χ0) is 13.7. The normalized spacial score (nSPS) is 19.9. The SMILES string of the molecule is Cc1nnc(SC2C=CCCCCC2)n1CC(N)=O. The van der Waals surface area contributed by atoms with Crippen LogP contribution in [-0.2, 0) is 11.3 Å². The van der Waals surface area contributed by atoms with E-state index in [0.717, 1.165) is 23.8 Å². The van der Waals surface area contributed by atoms with E-state index in [1.165, 1.54) is 19.3 Å². The molecule has 0 radical (unpaired) electrons. The van der Waals surface area contributed by atoms with Gasteiger partial charge in [-0.1, -0.05) is 36.8 Å². The third kappa shape index (κ3) is 4.09. The molecule has 0 aromatic carbocycles. The van der Waals surface area contributed by atoms with Crippen LogP contribution in [0.4, 0.5) is 0 Å². The molecule has 1 aromatic rings. The van der Waals surface area contributed by atoms with Gasteiger partial charge in [0.15, 0.2) is 5.16 Å². The minimum atomic E-state index is -0.363. The number of primary amides is 1. The van der Waals surface area contributed by atoms with E-state index >= 15 is 0 Å². The van der Waals surface area contributed by atoms with Gasteiger partial charge in [-0.15, -0.1) is 10.2 Å². The van der Waals surface area contributed by atoms with Crippen LogP contribution in [0, 0.1) is 6.92 Å². The van der Waals surface area contributed by atoms with E-state index in [9.17, 15) is 4.79 Å². The second-order valence-corrected chi connectivity index (χ2v) is 6.01. The van der Waals surface area contributed by atoms with E-state index in [1.54, 1.807) is 16.3 Å². The van der Waals surface area contributed by atoms with Gasteiger partial charge in [0.1, 0.15) is 12.4 Å². The molecule has 1 aromatic heterocycles. The third-order valence-corrected chi connectivity index (χ3v) is 4.39. The fraction of sp³-hybridized carbons (Fsp3) is 0.615. The Labute approximate surface area is 117 Å². The van der Waals surface area contributed by atoms with Crippen molar-refractivity contribution in [2.45, 2.75) is 56.0 Å². The van der Waals surface area contributed by atoms with Gasteiger partial charge in [0, 0.05) is 5.25 Å². The summed E-state index contributed by atoms with van der Waals surface area (Å²) in [4.78, 5) is 11.1. The summed E-state index contributed by atoms with van der Waals surface area (Å²) in [5, 5.41) is 9.38. The fourth-order valence-electron chi connectivity index (χ4n) is 2.15. The molecule has 1 unspecified atom stereocenters. The molecule has 0 spiro atoms. The summed E-state index contributed by atoms with van der Waals surface area (Å²) in [5.41, 5.74) is 5.26. The van der Waals surface area contributed by atoms with Gasteiger partial charge in [0.25, 0.3) is 0 Å². The first-order chi connectivity index (χ1) is 9.16. The highest BCUT2D eigenvalue weighted by atomic mass is 32.2. The molecule has 1 aliphatic rings. The number of hydrogen-bond acceptors (Lipinski definition) is 4. The zero-order valence-corrected chi connectivity index (χ0v) is 12.0. The molecule has 1 heterocycles. The lowest BCUT2D eigenvalue weighted by molar-refractivity contribution is -0.118. The Hall–Kier alpha value is -1.30. The first kappa shape index (κ1) is 14.1. The molecule has 104 valence electrons. The minimum Gasteiger partial charge on any atom is -0.368 e. The highest BCUT2D eigenvalue weighted by Gasteiger charge is 2.16. The minimum absolute atomic E-state index is 0.150. The molecule has 0 saturated heterocycles. The van der Waals surface area contributed by atoms with Crippen LogP contribution in [0.25, 0.3) is 0 Å². The molecule has 2 rings (SSSR count). The van der Waals surface area contributed by atoms with Crippen LogP contribution in [0.15, 0.2) is 17.3 Å². The molecule has 19 heavy (non-hydrogen) atoms. The molecule has 0 fully saturated rings. The average Bonchev–Trinajstić information content (AvgIpc) is 2.64. The standard InChI is InChI=1S/C13H20N4OS/c1-10-15-16-13(17(10)9-12(14)18)19-11-7-5-3-2-4-6-8-11/h5,7,11H,2-4,6,8-9H2,1H3,(H2,14,18). The number of nitrogens with two attached hydrogens (primary N) is 1. The number of carbonyl (C=O) groups excluding carboxylic acids is 1. The van der Waals surface area contributed by atoms with E-state index in [0.29, 0.717) is 5.25 Å². The van der Waals surface area contributed by atoms with Crippen molar-refractivity contribution in [1.82, 2.24) is 14.8 Å². The second-order valence-electron chi connectivity index (χ2n) is 4.80. The second kappa shape index (κ2) is 6.75. The van der Waals surface area contributed by atoms with Crippen molar-refractivity contribution >= 4 is 17.7 Å². The molecule has 1 aliphatic carbocycles. The number of thioether (sulfide) groups is 1. The van der Waals surface area contributed by atoms with Crippen molar-refractivity contribution in [2.24, 2.45) is 5.73 Å². The number of aromatic nitrogens is 3. The van der Waals surface area contributed by atoms with Crippen molar-refractivity contribution < 1.29 is 4.79 Å². The first-order valence-electron chi connectivity index (χ1n) is 6.68. The highest BCUT2D eigenvalue weighted by molar-refractivity contribution is 7.99. The molecular formula is C13H20N4OS. The number of aryl methyl sites for hydroxylation is 1. The van der Waals surface area contributed by atoms with E-state index in [4.69, 9.17) is 5.73 Å². The topological polar surface area (TPSA) is 73.8 Å². The molecule has 2 N–H and O–H groups in total. The van der Waals surface area contributed by atoms with Gasteiger partial charge < -0.3 is 5.73 Å². The first-order valence-corrected chi connectivity index (χ1v) is 7.56. The number of allylic oxidation sites excluding steroid dienone is 1. The third-order valence-electron chi connectivity index (χ3n) is 3.18. The highest BCUT2D eigenvalue weighted by Crippen LogP contribution is 2.28. The number of nitrogens with zero attached hydrogens (tertiary/aromatic N) is 3. The zero-order valence-electron chi connectivity index (χ0n) is 11.2. The maximum atomic E-state index is 11.1. The van der Waals surface area contributed by atoms with Gasteiger partial charge in [-0.25, -0.2) is 0 Å². The lowest BCUT2D eigenvalue weighted by Gasteiger charge is -2.14. The Morgan fingerprint density at radius 3 is 3.11 bits per heavy atom. The predicted molar refractivity (Wildman–Crippen MR) is 75.8 cm³/mol.